The fourth-order valence-electron chi connectivity index (χ4n) is 2.14. The molecule has 17 heavy (non-hydrogen) atoms. The minimum atomic E-state index is -0.0652. The van der Waals surface area contributed by atoms with Crippen molar-refractivity contribution < 1.29 is 4.79 Å². The number of rotatable bonds is 2. The number of halogens is 2. The zero-order valence-electron chi connectivity index (χ0n) is 8.89. The van der Waals surface area contributed by atoms with Crippen LogP contribution in [0.2, 0.25) is 0 Å². The van der Waals surface area contributed by atoms with E-state index in [-0.39, 0.29) is 24.4 Å². The first kappa shape index (κ1) is 12.7. The highest BCUT2D eigenvalue weighted by Crippen LogP contribution is 2.40. The predicted molar refractivity (Wildman–Crippen MR) is 69.0 cm³/mol. The van der Waals surface area contributed by atoms with Crippen LogP contribution in [0, 0.1) is 5.92 Å². The molecular formula is C10H12BrClN4O. The molecule has 2 fully saturated rings. The number of nitrogens with one attached hydrogen (secondary N) is 2. The molecule has 1 saturated heterocycles. The second kappa shape index (κ2) is 4.88. The van der Waals surface area contributed by atoms with Crippen LogP contribution in [-0.4, -0.2) is 28.0 Å². The number of nitrogens with zero attached hydrogens (tertiary/aromatic N) is 2. The summed E-state index contributed by atoms with van der Waals surface area (Å²) in [5, 5.41) is 6.05. The highest BCUT2D eigenvalue weighted by Gasteiger charge is 2.47. The molecule has 3 atom stereocenters. The van der Waals surface area contributed by atoms with Gasteiger partial charge in [-0.1, -0.05) is 0 Å². The molecule has 7 heteroatoms. The van der Waals surface area contributed by atoms with Gasteiger partial charge in [0.15, 0.2) is 5.82 Å². The maximum atomic E-state index is 11.8. The topological polar surface area (TPSA) is 66.9 Å². The van der Waals surface area contributed by atoms with E-state index < -0.39 is 0 Å². The molecule has 2 heterocycles. The minimum absolute atomic E-state index is 0. The monoisotopic (exact) mass is 318 g/mol. The number of fused-ring (bicyclic) bond motifs is 1. The molecule has 3 rings (SSSR count). The van der Waals surface area contributed by atoms with Crippen molar-refractivity contribution >= 4 is 40.1 Å². The summed E-state index contributed by atoms with van der Waals surface area (Å²) in [6, 6.07) is 0.508. The van der Waals surface area contributed by atoms with Crippen molar-refractivity contribution in [3.8, 4) is 0 Å². The Labute approximate surface area is 113 Å². The zero-order chi connectivity index (χ0) is 11.1. The van der Waals surface area contributed by atoms with Crippen LogP contribution in [0.15, 0.2) is 17.0 Å². The first-order valence-corrected chi connectivity index (χ1v) is 6.06. The summed E-state index contributed by atoms with van der Waals surface area (Å²) in [4.78, 5) is 19.9. The van der Waals surface area contributed by atoms with Crippen molar-refractivity contribution in [2.75, 3.05) is 5.32 Å². The number of amides is 1. The van der Waals surface area contributed by atoms with Crippen LogP contribution in [0.4, 0.5) is 5.82 Å². The van der Waals surface area contributed by atoms with E-state index in [0.717, 1.165) is 6.42 Å². The summed E-state index contributed by atoms with van der Waals surface area (Å²) in [7, 11) is 0. The molecule has 0 unspecified atom stereocenters. The predicted octanol–water partition coefficient (Wildman–Crippen LogP) is 1.35. The molecular weight excluding hydrogens is 307 g/mol. The van der Waals surface area contributed by atoms with E-state index in [1.54, 1.807) is 12.4 Å². The van der Waals surface area contributed by atoms with Crippen molar-refractivity contribution in [3.63, 3.8) is 0 Å². The number of carbonyl (C=O) groups excluding carboxylic acids is 1. The smallest absolute Gasteiger partial charge is 0.242 e. The second-order valence-electron chi connectivity index (χ2n) is 4.27. The van der Waals surface area contributed by atoms with E-state index in [2.05, 4.69) is 36.5 Å². The van der Waals surface area contributed by atoms with Crippen LogP contribution in [0.3, 0.4) is 0 Å². The van der Waals surface area contributed by atoms with Gasteiger partial charge in [-0.3, -0.25) is 9.78 Å². The maximum absolute atomic E-state index is 11.8. The molecule has 1 aromatic heterocycles. The third kappa shape index (κ3) is 2.75. The first-order chi connectivity index (χ1) is 7.72. The van der Waals surface area contributed by atoms with Gasteiger partial charge >= 0.3 is 0 Å². The van der Waals surface area contributed by atoms with Gasteiger partial charge in [-0.25, -0.2) is 4.98 Å². The molecule has 92 valence electrons. The molecule has 1 aromatic rings. The third-order valence-electron chi connectivity index (χ3n) is 3.05. The molecule has 2 aliphatic rings. The number of hydrogen-bond acceptors (Lipinski definition) is 4. The fourth-order valence-corrected chi connectivity index (χ4v) is 2.45. The Morgan fingerprint density at radius 3 is 2.94 bits per heavy atom. The fraction of sp³-hybridized carbons (Fsp3) is 0.500. The average molecular weight is 320 g/mol. The van der Waals surface area contributed by atoms with E-state index in [1.165, 1.54) is 6.42 Å². The van der Waals surface area contributed by atoms with Crippen LogP contribution < -0.4 is 10.6 Å². The molecule has 0 aromatic carbocycles. The lowest BCUT2D eigenvalue weighted by Gasteiger charge is -2.12. The van der Waals surface area contributed by atoms with E-state index in [9.17, 15) is 4.79 Å². The SMILES string of the molecule is Cl.O=C(Nc1cncc(Br)n1)[C@@H]1C[C@@H]2C[C@H]2N1. The Balaban J connectivity index is 0.00000108. The average Bonchev–Trinajstić information content (AvgIpc) is 2.86. The Hall–Kier alpha value is -0.720. The molecule has 2 N–H and O–H groups in total. The molecule has 5 nitrogen and oxygen atoms in total. The lowest BCUT2D eigenvalue weighted by Crippen LogP contribution is -2.38. The number of piperidine rings is 1. The van der Waals surface area contributed by atoms with Crippen molar-refractivity contribution in [2.24, 2.45) is 5.92 Å². The van der Waals surface area contributed by atoms with Gasteiger partial charge < -0.3 is 10.6 Å². The van der Waals surface area contributed by atoms with Gasteiger partial charge in [-0.2, -0.15) is 0 Å². The summed E-state index contributed by atoms with van der Waals surface area (Å²) in [6.07, 6.45) is 5.29. The van der Waals surface area contributed by atoms with Crippen molar-refractivity contribution in [1.29, 1.82) is 0 Å². The Bertz CT molecular complexity index is 434. The van der Waals surface area contributed by atoms with Crippen LogP contribution in [0.5, 0.6) is 0 Å². The molecule has 1 aliphatic heterocycles. The minimum Gasteiger partial charge on any atom is -0.308 e. The summed E-state index contributed by atoms with van der Waals surface area (Å²) >= 11 is 3.21. The Morgan fingerprint density at radius 1 is 1.47 bits per heavy atom. The van der Waals surface area contributed by atoms with Gasteiger partial charge in [0.05, 0.1) is 18.4 Å². The molecule has 0 spiro atoms. The molecule has 1 saturated carbocycles. The van der Waals surface area contributed by atoms with Gasteiger partial charge in [-0.05, 0) is 34.7 Å². The highest BCUT2D eigenvalue weighted by molar-refractivity contribution is 9.10. The van der Waals surface area contributed by atoms with Crippen molar-refractivity contribution in [1.82, 2.24) is 15.3 Å². The summed E-state index contributed by atoms with van der Waals surface area (Å²) < 4.78 is 0.618. The largest absolute Gasteiger partial charge is 0.308 e. The maximum Gasteiger partial charge on any atom is 0.242 e. The second-order valence-corrected chi connectivity index (χ2v) is 5.09. The normalized spacial score (nSPS) is 29.1. The summed E-state index contributed by atoms with van der Waals surface area (Å²) in [5.41, 5.74) is 0. The zero-order valence-corrected chi connectivity index (χ0v) is 11.3. The Kier molecular flexibility index (Phi) is 3.65. The van der Waals surface area contributed by atoms with E-state index in [1.807, 2.05) is 0 Å². The lowest BCUT2D eigenvalue weighted by atomic mass is 10.2. The standard InChI is InChI=1S/C10H11BrN4O.ClH/c11-8-3-12-4-9(14-8)15-10(16)7-2-5-1-6(5)13-7;/h3-7,13H,1-2H2,(H,14,15,16);1H/t5-,6+,7-;/m0./s1. The molecule has 1 aliphatic carbocycles. The van der Waals surface area contributed by atoms with Crippen molar-refractivity contribution in [2.45, 2.75) is 24.9 Å². The van der Waals surface area contributed by atoms with E-state index in [0.29, 0.717) is 22.4 Å². The molecule has 0 bridgehead atoms. The van der Waals surface area contributed by atoms with Crippen LogP contribution >= 0.6 is 28.3 Å². The quantitative estimate of drug-likeness (QED) is 0.863. The highest BCUT2D eigenvalue weighted by atomic mass is 79.9. The lowest BCUT2D eigenvalue weighted by molar-refractivity contribution is -0.118. The molecule has 0 radical (unpaired) electrons. The first-order valence-electron chi connectivity index (χ1n) is 5.27. The van der Waals surface area contributed by atoms with E-state index >= 15 is 0 Å². The van der Waals surface area contributed by atoms with Gasteiger partial charge in [0.1, 0.15) is 4.60 Å². The number of anilines is 1. The van der Waals surface area contributed by atoms with Gasteiger partial charge in [0, 0.05) is 6.04 Å². The number of aromatic nitrogens is 2. The number of hydrogen-bond donors (Lipinski definition) is 2. The molecule has 1 amide bonds. The van der Waals surface area contributed by atoms with Crippen molar-refractivity contribution in [3.05, 3.63) is 17.0 Å². The van der Waals surface area contributed by atoms with Crippen LogP contribution in [0.25, 0.3) is 0 Å². The summed E-state index contributed by atoms with van der Waals surface area (Å²) in [5.74, 6) is 1.19. The van der Waals surface area contributed by atoms with Gasteiger partial charge in [0.2, 0.25) is 5.91 Å². The summed E-state index contributed by atoms with van der Waals surface area (Å²) in [6.45, 7) is 0. The van der Waals surface area contributed by atoms with Crippen LogP contribution in [0.1, 0.15) is 12.8 Å². The van der Waals surface area contributed by atoms with Gasteiger partial charge in [-0.15, -0.1) is 12.4 Å². The Morgan fingerprint density at radius 2 is 2.29 bits per heavy atom. The van der Waals surface area contributed by atoms with E-state index in [4.69, 9.17) is 0 Å². The van der Waals surface area contributed by atoms with Crippen LogP contribution in [-0.2, 0) is 4.79 Å². The number of carbonyl (C=O) groups is 1. The van der Waals surface area contributed by atoms with Gasteiger partial charge in [0.25, 0.3) is 0 Å². The third-order valence-corrected chi connectivity index (χ3v) is 3.43.